The van der Waals surface area contributed by atoms with Gasteiger partial charge in [-0.15, -0.1) is 9.19 Å². The van der Waals surface area contributed by atoms with Crippen molar-refractivity contribution < 1.29 is 8.42 Å². The number of para-hydroxylation sites is 1. The van der Waals surface area contributed by atoms with Crippen molar-refractivity contribution in [1.82, 2.24) is 14.4 Å². The summed E-state index contributed by atoms with van der Waals surface area (Å²) in [5, 5.41) is 9.62. The number of aryl methyl sites for hydroxylation is 1. The van der Waals surface area contributed by atoms with Crippen molar-refractivity contribution >= 4 is 31.8 Å². The van der Waals surface area contributed by atoms with E-state index < -0.39 is 10.0 Å². The Kier molecular flexibility index (Phi) is 2.96. The second-order valence-corrected chi connectivity index (χ2v) is 7.21. The van der Waals surface area contributed by atoms with Crippen molar-refractivity contribution in [3.8, 4) is 0 Å². The van der Waals surface area contributed by atoms with Gasteiger partial charge in [-0.3, -0.25) is 0 Å². The number of benzene rings is 3. The lowest BCUT2D eigenvalue weighted by Crippen LogP contribution is -2.14. The minimum atomic E-state index is -3.78. The Balaban J connectivity index is 1.95. The molecule has 4 aromatic rings. The maximum atomic E-state index is 12.9. The van der Waals surface area contributed by atoms with Gasteiger partial charge in [0.05, 0.1) is 4.90 Å². The summed E-state index contributed by atoms with van der Waals surface area (Å²) in [6, 6.07) is 18.0. The fourth-order valence-corrected chi connectivity index (χ4v) is 3.89. The third-order valence-corrected chi connectivity index (χ3v) is 5.39. The summed E-state index contributed by atoms with van der Waals surface area (Å²) in [6.45, 7) is 1.98. The number of rotatable bonds is 2. The summed E-state index contributed by atoms with van der Waals surface area (Å²) in [5.41, 5.74) is 2.10. The van der Waals surface area contributed by atoms with Crippen LogP contribution in [0, 0.1) is 6.92 Å². The van der Waals surface area contributed by atoms with E-state index >= 15 is 0 Å². The van der Waals surface area contributed by atoms with Crippen LogP contribution >= 0.6 is 0 Å². The SMILES string of the molecule is Cc1ccc2ccc(S(=O)(=O)n3nnc4ccccc43)cc2c1. The van der Waals surface area contributed by atoms with Gasteiger partial charge in [-0.25, -0.2) is 0 Å². The van der Waals surface area contributed by atoms with Gasteiger partial charge in [0.1, 0.15) is 11.0 Å². The average molecular weight is 323 g/mol. The second-order valence-electron chi connectivity index (χ2n) is 5.44. The summed E-state index contributed by atoms with van der Waals surface area (Å²) in [4.78, 5) is 0.200. The molecule has 0 amide bonds. The monoisotopic (exact) mass is 323 g/mol. The molecular weight excluding hydrogens is 310 g/mol. The highest BCUT2D eigenvalue weighted by atomic mass is 32.2. The molecule has 0 unspecified atom stereocenters. The highest BCUT2D eigenvalue weighted by molar-refractivity contribution is 7.90. The molecule has 23 heavy (non-hydrogen) atoms. The number of hydrogen-bond acceptors (Lipinski definition) is 4. The van der Waals surface area contributed by atoms with Crippen molar-refractivity contribution in [3.05, 3.63) is 66.2 Å². The first-order valence-electron chi connectivity index (χ1n) is 7.12. The zero-order chi connectivity index (χ0) is 16.0. The first-order chi connectivity index (χ1) is 11.1. The highest BCUT2D eigenvalue weighted by Gasteiger charge is 2.21. The molecule has 0 atom stereocenters. The zero-order valence-corrected chi connectivity index (χ0v) is 13.2. The molecule has 114 valence electrons. The summed E-state index contributed by atoms with van der Waals surface area (Å²) < 4.78 is 26.8. The molecule has 0 radical (unpaired) electrons. The van der Waals surface area contributed by atoms with Crippen LogP contribution < -0.4 is 0 Å². The van der Waals surface area contributed by atoms with E-state index in [2.05, 4.69) is 10.3 Å². The van der Waals surface area contributed by atoms with Crippen LogP contribution in [-0.2, 0) is 10.0 Å². The van der Waals surface area contributed by atoms with Crippen LogP contribution in [0.25, 0.3) is 21.8 Å². The second kappa shape index (κ2) is 4.89. The molecule has 0 N–H and O–H groups in total. The van der Waals surface area contributed by atoms with Gasteiger partial charge in [0.25, 0.3) is 10.0 Å². The molecule has 4 rings (SSSR count). The molecule has 3 aromatic carbocycles. The fraction of sp³-hybridized carbons (Fsp3) is 0.0588. The Morgan fingerprint density at radius 3 is 2.57 bits per heavy atom. The lowest BCUT2D eigenvalue weighted by atomic mass is 10.1. The van der Waals surface area contributed by atoms with Crippen molar-refractivity contribution in [3.63, 3.8) is 0 Å². The molecule has 0 saturated heterocycles. The van der Waals surface area contributed by atoms with E-state index in [1.165, 1.54) is 0 Å². The van der Waals surface area contributed by atoms with E-state index in [0.717, 1.165) is 20.4 Å². The van der Waals surface area contributed by atoms with E-state index in [0.29, 0.717) is 11.0 Å². The van der Waals surface area contributed by atoms with Crippen LogP contribution in [0.15, 0.2) is 65.6 Å². The van der Waals surface area contributed by atoms with Gasteiger partial charge in [-0.05, 0) is 42.0 Å². The summed E-state index contributed by atoms with van der Waals surface area (Å²) in [5.74, 6) is 0. The molecule has 5 nitrogen and oxygen atoms in total. The van der Waals surface area contributed by atoms with Gasteiger partial charge in [-0.2, -0.15) is 8.42 Å². The minimum absolute atomic E-state index is 0.200. The summed E-state index contributed by atoms with van der Waals surface area (Å²) in [6.07, 6.45) is 0. The number of hydrogen-bond donors (Lipinski definition) is 0. The molecule has 0 spiro atoms. The smallest absolute Gasteiger partial charge is 0.199 e. The first-order valence-corrected chi connectivity index (χ1v) is 8.56. The normalized spacial score (nSPS) is 12.0. The molecule has 0 aliphatic rings. The zero-order valence-electron chi connectivity index (χ0n) is 12.3. The number of aromatic nitrogens is 3. The molecule has 0 bridgehead atoms. The van der Waals surface area contributed by atoms with Crippen molar-refractivity contribution in [2.24, 2.45) is 0 Å². The quantitative estimate of drug-likeness (QED) is 0.568. The van der Waals surface area contributed by atoms with Gasteiger partial charge in [0.2, 0.25) is 0 Å². The van der Waals surface area contributed by atoms with E-state index in [1.807, 2.05) is 25.1 Å². The summed E-state index contributed by atoms with van der Waals surface area (Å²) >= 11 is 0. The third kappa shape index (κ3) is 2.19. The molecule has 0 aliphatic heterocycles. The fourth-order valence-electron chi connectivity index (χ4n) is 2.63. The topological polar surface area (TPSA) is 64.8 Å². The Morgan fingerprint density at radius 2 is 1.70 bits per heavy atom. The predicted molar refractivity (Wildman–Crippen MR) is 88.8 cm³/mol. The van der Waals surface area contributed by atoms with Crippen LogP contribution in [0.3, 0.4) is 0 Å². The maximum absolute atomic E-state index is 12.9. The molecular formula is C17H13N3O2S. The lowest BCUT2D eigenvalue weighted by Gasteiger charge is -2.07. The van der Waals surface area contributed by atoms with Crippen LogP contribution in [0.5, 0.6) is 0 Å². The average Bonchev–Trinajstić information content (AvgIpc) is 2.99. The minimum Gasteiger partial charge on any atom is -0.199 e. The standard InChI is InChI=1S/C17H13N3O2S/c1-12-6-7-13-8-9-15(11-14(13)10-12)23(21,22)20-17-5-3-2-4-16(17)18-19-20/h2-11H,1H3. The van der Waals surface area contributed by atoms with Crippen LogP contribution in [-0.4, -0.2) is 22.8 Å². The van der Waals surface area contributed by atoms with Crippen molar-refractivity contribution in [2.45, 2.75) is 11.8 Å². The Bertz CT molecular complexity index is 1150. The molecule has 1 aromatic heterocycles. The number of nitrogens with zero attached hydrogens (tertiary/aromatic N) is 3. The predicted octanol–water partition coefficient (Wildman–Crippen LogP) is 3.13. The molecule has 0 fully saturated rings. The highest BCUT2D eigenvalue weighted by Crippen LogP contribution is 2.23. The van der Waals surface area contributed by atoms with Gasteiger partial charge in [0, 0.05) is 0 Å². The molecule has 1 heterocycles. The van der Waals surface area contributed by atoms with Crippen molar-refractivity contribution in [2.75, 3.05) is 0 Å². The van der Waals surface area contributed by atoms with Gasteiger partial charge in [-0.1, -0.05) is 47.2 Å². The van der Waals surface area contributed by atoms with Gasteiger partial charge >= 0.3 is 0 Å². The largest absolute Gasteiger partial charge is 0.284 e. The van der Waals surface area contributed by atoms with E-state index in [9.17, 15) is 8.42 Å². The van der Waals surface area contributed by atoms with Crippen LogP contribution in [0.4, 0.5) is 0 Å². The maximum Gasteiger partial charge on any atom is 0.284 e. The Morgan fingerprint density at radius 1 is 0.913 bits per heavy atom. The lowest BCUT2D eigenvalue weighted by molar-refractivity contribution is 0.579. The van der Waals surface area contributed by atoms with Crippen LogP contribution in [0.2, 0.25) is 0 Å². The van der Waals surface area contributed by atoms with Gasteiger partial charge < -0.3 is 0 Å². The Labute approximate surface area is 133 Å². The van der Waals surface area contributed by atoms with E-state index in [1.54, 1.807) is 42.5 Å². The number of fused-ring (bicyclic) bond motifs is 2. The van der Waals surface area contributed by atoms with Crippen LogP contribution in [0.1, 0.15) is 5.56 Å². The summed E-state index contributed by atoms with van der Waals surface area (Å²) in [7, 11) is -3.78. The Hall–Kier alpha value is -2.73. The van der Waals surface area contributed by atoms with Crippen molar-refractivity contribution in [1.29, 1.82) is 0 Å². The van der Waals surface area contributed by atoms with E-state index in [-0.39, 0.29) is 4.90 Å². The first kappa shape index (κ1) is 13.9. The molecule has 0 saturated carbocycles. The molecule has 0 aliphatic carbocycles. The molecule has 6 heteroatoms. The third-order valence-electron chi connectivity index (χ3n) is 3.81. The van der Waals surface area contributed by atoms with Gasteiger partial charge in [0.15, 0.2) is 0 Å². The van der Waals surface area contributed by atoms with E-state index in [4.69, 9.17) is 0 Å².